The number of hydrogen-bond acceptors (Lipinski definition) is 8. The van der Waals surface area contributed by atoms with Crippen molar-refractivity contribution in [3.63, 3.8) is 0 Å². The van der Waals surface area contributed by atoms with Gasteiger partial charge in [-0.2, -0.15) is 15.0 Å². The summed E-state index contributed by atoms with van der Waals surface area (Å²) in [7, 11) is 3.64. The molecule has 0 aliphatic heterocycles. The third kappa shape index (κ3) is 12.0. The van der Waals surface area contributed by atoms with Crippen molar-refractivity contribution in [3.05, 3.63) is 0 Å². The lowest BCUT2D eigenvalue weighted by Gasteiger charge is -2.21. The molecule has 1 aromatic rings. The minimum Gasteiger partial charge on any atom is -0.481 e. The standard InChI is InChI=1S/C21H38N6O4/c1-4-5-6-7-8-9-14-22-19-23-20(26(2)15-10-12-17(28)29)25-21(24-19)27(3)16-11-13-18(30)31/h4-16H2,1-3H3,(H,28,29)(H,30,31)(H,22,23,24,25). The van der Waals surface area contributed by atoms with Crippen LogP contribution in [0.25, 0.3) is 0 Å². The third-order valence-corrected chi connectivity index (χ3v) is 4.88. The molecular formula is C21H38N6O4. The van der Waals surface area contributed by atoms with Gasteiger partial charge in [0.05, 0.1) is 0 Å². The molecule has 0 fully saturated rings. The van der Waals surface area contributed by atoms with E-state index in [2.05, 4.69) is 27.2 Å². The van der Waals surface area contributed by atoms with Gasteiger partial charge in [0.25, 0.3) is 0 Å². The largest absolute Gasteiger partial charge is 0.481 e. The monoisotopic (exact) mass is 438 g/mol. The Labute approximate surface area is 185 Å². The molecule has 0 aliphatic rings. The summed E-state index contributed by atoms with van der Waals surface area (Å²) in [4.78, 5) is 38.7. The fourth-order valence-corrected chi connectivity index (χ4v) is 3.01. The molecule has 1 rings (SSSR count). The van der Waals surface area contributed by atoms with Crippen molar-refractivity contribution in [3.8, 4) is 0 Å². The number of carboxylic acids is 2. The molecule has 10 nitrogen and oxygen atoms in total. The molecule has 0 atom stereocenters. The summed E-state index contributed by atoms with van der Waals surface area (Å²) in [6.45, 7) is 3.99. The highest BCUT2D eigenvalue weighted by Crippen LogP contribution is 2.16. The minimum atomic E-state index is -0.829. The number of rotatable bonds is 18. The van der Waals surface area contributed by atoms with E-state index >= 15 is 0 Å². The molecule has 0 bridgehead atoms. The van der Waals surface area contributed by atoms with E-state index < -0.39 is 11.9 Å². The molecule has 3 N–H and O–H groups in total. The number of aromatic nitrogens is 3. The van der Waals surface area contributed by atoms with Crippen molar-refractivity contribution in [1.82, 2.24) is 15.0 Å². The highest BCUT2D eigenvalue weighted by atomic mass is 16.4. The first-order valence-corrected chi connectivity index (χ1v) is 11.2. The predicted octanol–water partition coefficient (Wildman–Crippen LogP) is 3.25. The molecule has 176 valence electrons. The molecule has 0 saturated heterocycles. The van der Waals surface area contributed by atoms with Gasteiger partial charge >= 0.3 is 11.9 Å². The lowest BCUT2D eigenvalue weighted by atomic mass is 10.1. The number of carboxylic acid groups (broad SMARTS) is 2. The zero-order valence-electron chi connectivity index (χ0n) is 19.1. The van der Waals surface area contributed by atoms with Crippen molar-refractivity contribution in [1.29, 1.82) is 0 Å². The fourth-order valence-electron chi connectivity index (χ4n) is 3.01. The summed E-state index contributed by atoms with van der Waals surface area (Å²) < 4.78 is 0. The maximum absolute atomic E-state index is 10.8. The Hall–Kier alpha value is -2.65. The highest BCUT2D eigenvalue weighted by Gasteiger charge is 2.14. The first kappa shape index (κ1) is 26.4. The quantitative estimate of drug-likeness (QED) is 0.293. The molecule has 0 spiro atoms. The van der Waals surface area contributed by atoms with E-state index in [0.717, 1.165) is 19.4 Å². The summed E-state index contributed by atoms with van der Waals surface area (Å²) in [6, 6.07) is 0. The number of carbonyl (C=O) groups is 2. The van der Waals surface area contributed by atoms with Crippen LogP contribution in [0.1, 0.15) is 71.1 Å². The number of aliphatic carboxylic acids is 2. The molecule has 0 radical (unpaired) electrons. The van der Waals surface area contributed by atoms with Crippen LogP contribution in [0.15, 0.2) is 0 Å². The molecule has 0 amide bonds. The van der Waals surface area contributed by atoms with E-state index in [-0.39, 0.29) is 12.8 Å². The van der Waals surface area contributed by atoms with Crippen LogP contribution in [0.3, 0.4) is 0 Å². The van der Waals surface area contributed by atoms with E-state index in [1.165, 1.54) is 25.7 Å². The number of unbranched alkanes of at least 4 members (excludes halogenated alkanes) is 5. The van der Waals surface area contributed by atoms with Gasteiger partial charge in [-0.3, -0.25) is 9.59 Å². The van der Waals surface area contributed by atoms with Gasteiger partial charge < -0.3 is 25.3 Å². The van der Waals surface area contributed by atoms with Gasteiger partial charge in [-0.05, 0) is 19.3 Å². The van der Waals surface area contributed by atoms with Crippen molar-refractivity contribution >= 4 is 29.8 Å². The smallest absolute Gasteiger partial charge is 0.303 e. The second-order valence-corrected chi connectivity index (χ2v) is 7.79. The Kier molecular flexibility index (Phi) is 12.9. The number of nitrogens with one attached hydrogen (secondary N) is 1. The third-order valence-electron chi connectivity index (χ3n) is 4.88. The molecule has 0 unspecified atom stereocenters. The van der Waals surface area contributed by atoms with Gasteiger partial charge in [0.1, 0.15) is 0 Å². The molecule has 10 heteroatoms. The van der Waals surface area contributed by atoms with Crippen LogP contribution in [0.4, 0.5) is 17.8 Å². The second-order valence-electron chi connectivity index (χ2n) is 7.79. The van der Waals surface area contributed by atoms with Crippen LogP contribution in [0.2, 0.25) is 0 Å². The number of nitrogens with zero attached hydrogens (tertiary/aromatic N) is 5. The second kappa shape index (κ2) is 15.2. The highest BCUT2D eigenvalue weighted by molar-refractivity contribution is 5.67. The Balaban J connectivity index is 2.76. The Morgan fingerprint density at radius 3 is 1.74 bits per heavy atom. The van der Waals surface area contributed by atoms with E-state index in [0.29, 0.717) is 43.8 Å². The zero-order chi connectivity index (χ0) is 23.1. The Morgan fingerprint density at radius 1 is 0.774 bits per heavy atom. The lowest BCUT2D eigenvalue weighted by Crippen LogP contribution is -2.27. The predicted molar refractivity (Wildman–Crippen MR) is 122 cm³/mol. The maximum Gasteiger partial charge on any atom is 0.303 e. The average Bonchev–Trinajstić information content (AvgIpc) is 2.72. The van der Waals surface area contributed by atoms with Gasteiger partial charge in [0.2, 0.25) is 17.8 Å². The van der Waals surface area contributed by atoms with Gasteiger partial charge in [0, 0.05) is 46.6 Å². The van der Waals surface area contributed by atoms with Crippen LogP contribution < -0.4 is 15.1 Å². The van der Waals surface area contributed by atoms with Crippen molar-refractivity contribution in [2.45, 2.75) is 71.1 Å². The average molecular weight is 439 g/mol. The SMILES string of the molecule is CCCCCCCCNc1nc(N(C)CCCC(=O)O)nc(N(C)CCCC(=O)O)n1. The summed E-state index contributed by atoms with van der Waals surface area (Å²) >= 11 is 0. The Morgan fingerprint density at radius 2 is 1.26 bits per heavy atom. The first-order chi connectivity index (χ1) is 14.8. The van der Waals surface area contributed by atoms with Crippen molar-refractivity contribution in [2.24, 2.45) is 0 Å². The first-order valence-electron chi connectivity index (χ1n) is 11.2. The van der Waals surface area contributed by atoms with Crippen LogP contribution in [-0.2, 0) is 9.59 Å². The van der Waals surface area contributed by atoms with Gasteiger partial charge in [-0.1, -0.05) is 39.0 Å². The molecule has 0 aromatic carbocycles. The summed E-state index contributed by atoms with van der Waals surface area (Å²) in [5, 5.41) is 21.0. The van der Waals surface area contributed by atoms with Gasteiger partial charge in [-0.15, -0.1) is 0 Å². The maximum atomic E-state index is 10.8. The molecule has 0 saturated carbocycles. The lowest BCUT2D eigenvalue weighted by molar-refractivity contribution is -0.138. The molecule has 1 heterocycles. The Bertz CT molecular complexity index is 629. The van der Waals surface area contributed by atoms with E-state index in [9.17, 15) is 9.59 Å². The zero-order valence-corrected chi connectivity index (χ0v) is 19.1. The van der Waals surface area contributed by atoms with E-state index in [1.54, 1.807) is 0 Å². The summed E-state index contributed by atoms with van der Waals surface area (Å²) in [6.07, 6.45) is 8.32. The molecule has 31 heavy (non-hydrogen) atoms. The van der Waals surface area contributed by atoms with Crippen molar-refractivity contribution in [2.75, 3.05) is 48.8 Å². The van der Waals surface area contributed by atoms with Crippen molar-refractivity contribution < 1.29 is 19.8 Å². The van der Waals surface area contributed by atoms with E-state index in [1.807, 2.05) is 23.9 Å². The molecule has 1 aromatic heterocycles. The molecular weight excluding hydrogens is 400 g/mol. The van der Waals surface area contributed by atoms with Gasteiger partial charge in [-0.25, -0.2) is 0 Å². The topological polar surface area (TPSA) is 132 Å². The van der Waals surface area contributed by atoms with Crippen LogP contribution >= 0.6 is 0 Å². The van der Waals surface area contributed by atoms with E-state index in [4.69, 9.17) is 10.2 Å². The number of hydrogen-bond donors (Lipinski definition) is 3. The summed E-state index contributed by atoms with van der Waals surface area (Å²) in [5.74, 6) is -0.256. The minimum absolute atomic E-state index is 0.0838. The normalized spacial score (nSPS) is 10.7. The molecule has 0 aliphatic carbocycles. The van der Waals surface area contributed by atoms with Crippen LogP contribution in [0.5, 0.6) is 0 Å². The van der Waals surface area contributed by atoms with Gasteiger partial charge in [0.15, 0.2) is 0 Å². The summed E-state index contributed by atoms with van der Waals surface area (Å²) in [5.41, 5.74) is 0. The van der Waals surface area contributed by atoms with Crippen LogP contribution in [0, 0.1) is 0 Å². The fraction of sp³-hybridized carbons (Fsp3) is 0.762. The van der Waals surface area contributed by atoms with Crippen LogP contribution in [-0.4, -0.2) is 70.8 Å². The number of anilines is 3.